The number of para-hydroxylation sites is 1. The second kappa shape index (κ2) is 8.61. The molecule has 4 rings (SSSR count). The highest BCUT2D eigenvalue weighted by molar-refractivity contribution is 8.04. The molecule has 1 aliphatic heterocycles. The van der Waals surface area contributed by atoms with Crippen LogP contribution in [0.4, 0.5) is 11.4 Å². The van der Waals surface area contributed by atoms with Gasteiger partial charge in [0.1, 0.15) is 10.6 Å². The van der Waals surface area contributed by atoms with Crippen LogP contribution in [-0.2, 0) is 9.59 Å². The van der Waals surface area contributed by atoms with Crippen LogP contribution in [0.25, 0.3) is 0 Å². The fraction of sp³-hybridized carbons (Fsp3) is 0.120. The molecule has 1 heterocycles. The van der Waals surface area contributed by atoms with Crippen molar-refractivity contribution < 1.29 is 9.59 Å². The molecule has 3 aromatic rings. The molecule has 0 unspecified atom stereocenters. The van der Waals surface area contributed by atoms with Crippen LogP contribution < -0.4 is 10.2 Å². The molecule has 0 radical (unpaired) electrons. The van der Waals surface area contributed by atoms with Gasteiger partial charge in [-0.1, -0.05) is 65.3 Å². The van der Waals surface area contributed by atoms with E-state index in [1.54, 1.807) is 18.2 Å². The Kier molecular flexibility index (Phi) is 5.90. The molecule has 4 nitrogen and oxygen atoms in total. The van der Waals surface area contributed by atoms with E-state index in [-0.39, 0.29) is 11.6 Å². The van der Waals surface area contributed by atoms with Crippen molar-refractivity contribution in [1.29, 1.82) is 0 Å². The zero-order valence-corrected chi connectivity index (χ0v) is 19.0. The Balaban J connectivity index is 1.77. The number of anilines is 2. The van der Waals surface area contributed by atoms with Gasteiger partial charge >= 0.3 is 0 Å². The van der Waals surface area contributed by atoms with E-state index >= 15 is 0 Å². The van der Waals surface area contributed by atoms with Crippen molar-refractivity contribution >= 4 is 46.6 Å². The van der Waals surface area contributed by atoms with Crippen molar-refractivity contribution in [2.24, 2.45) is 0 Å². The molecule has 1 aliphatic rings. The Labute approximate surface area is 190 Å². The number of carbonyl (C=O) groups excluding carboxylic acids is 2. The Morgan fingerprint density at radius 1 is 0.839 bits per heavy atom. The number of halogens is 1. The molecule has 0 aliphatic carbocycles. The fourth-order valence-corrected chi connectivity index (χ4v) is 4.34. The summed E-state index contributed by atoms with van der Waals surface area (Å²) < 4.78 is 0. The van der Waals surface area contributed by atoms with Crippen LogP contribution in [0.1, 0.15) is 16.7 Å². The summed E-state index contributed by atoms with van der Waals surface area (Å²) in [7, 11) is 0. The second-order valence-electron chi connectivity index (χ2n) is 7.44. The van der Waals surface area contributed by atoms with E-state index in [0.717, 1.165) is 27.3 Å². The van der Waals surface area contributed by atoms with E-state index in [2.05, 4.69) is 5.32 Å². The number of hydrogen-bond donors (Lipinski definition) is 1. The Morgan fingerprint density at radius 3 is 2.23 bits per heavy atom. The second-order valence-corrected chi connectivity index (χ2v) is 8.93. The number of benzene rings is 3. The summed E-state index contributed by atoms with van der Waals surface area (Å²) in [5, 5.41) is 3.72. The van der Waals surface area contributed by atoms with Gasteiger partial charge in [0, 0.05) is 15.6 Å². The summed E-state index contributed by atoms with van der Waals surface area (Å²) in [6.07, 6.45) is 0. The molecule has 0 saturated carbocycles. The first kappa shape index (κ1) is 21.2. The van der Waals surface area contributed by atoms with E-state index < -0.39 is 5.91 Å². The van der Waals surface area contributed by atoms with Gasteiger partial charge in [-0.05, 0) is 62.2 Å². The smallest absolute Gasteiger partial charge is 0.283 e. The maximum absolute atomic E-state index is 13.4. The fourth-order valence-electron chi connectivity index (χ4n) is 3.24. The van der Waals surface area contributed by atoms with E-state index in [1.807, 2.05) is 69.3 Å². The zero-order chi connectivity index (χ0) is 22.1. The van der Waals surface area contributed by atoms with E-state index in [9.17, 15) is 9.59 Å². The lowest BCUT2D eigenvalue weighted by Gasteiger charge is -2.16. The summed E-state index contributed by atoms with van der Waals surface area (Å²) in [5.74, 6) is -0.769. The molecule has 3 aromatic carbocycles. The van der Waals surface area contributed by atoms with Gasteiger partial charge in [-0.2, -0.15) is 0 Å². The van der Waals surface area contributed by atoms with Gasteiger partial charge in [0.05, 0.1) is 5.69 Å². The monoisotopic (exact) mass is 448 g/mol. The topological polar surface area (TPSA) is 49.4 Å². The molecule has 156 valence electrons. The molecular weight excluding hydrogens is 428 g/mol. The normalized spacial score (nSPS) is 13.9. The Hall–Kier alpha value is -3.02. The number of nitrogens with one attached hydrogen (secondary N) is 1. The first-order valence-corrected chi connectivity index (χ1v) is 11.0. The number of thioether (sulfide) groups is 1. The van der Waals surface area contributed by atoms with Gasteiger partial charge in [-0.15, -0.1) is 0 Å². The molecule has 6 heteroatoms. The minimum Gasteiger partial charge on any atom is -0.350 e. The lowest BCUT2D eigenvalue weighted by atomic mass is 10.2. The molecule has 0 bridgehead atoms. The van der Waals surface area contributed by atoms with Crippen molar-refractivity contribution in [3.05, 3.63) is 99.0 Å². The van der Waals surface area contributed by atoms with Crippen molar-refractivity contribution in [1.82, 2.24) is 0 Å². The number of hydrogen-bond acceptors (Lipinski definition) is 4. The number of imide groups is 1. The van der Waals surface area contributed by atoms with Crippen LogP contribution in [0.5, 0.6) is 0 Å². The lowest BCUT2D eigenvalue weighted by molar-refractivity contribution is -0.120. The summed E-state index contributed by atoms with van der Waals surface area (Å²) in [6, 6.07) is 20.7. The highest BCUT2D eigenvalue weighted by atomic mass is 35.5. The maximum atomic E-state index is 13.4. The molecule has 0 aromatic heterocycles. The zero-order valence-electron chi connectivity index (χ0n) is 17.4. The van der Waals surface area contributed by atoms with Crippen LogP contribution in [0, 0.1) is 20.8 Å². The molecular formula is C25H21ClN2O2S. The molecule has 1 N–H and O–H groups in total. The van der Waals surface area contributed by atoms with E-state index in [4.69, 9.17) is 11.6 Å². The predicted octanol–water partition coefficient (Wildman–Crippen LogP) is 6.25. The molecule has 0 saturated heterocycles. The van der Waals surface area contributed by atoms with Crippen LogP contribution in [0.2, 0.25) is 5.02 Å². The minimum absolute atomic E-state index is 0.265. The highest BCUT2D eigenvalue weighted by Crippen LogP contribution is 2.39. The third kappa shape index (κ3) is 4.24. The first-order chi connectivity index (χ1) is 14.8. The number of aryl methyl sites for hydroxylation is 3. The highest BCUT2D eigenvalue weighted by Gasteiger charge is 2.40. The summed E-state index contributed by atoms with van der Waals surface area (Å²) >= 11 is 7.55. The quantitative estimate of drug-likeness (QED) is 0.468. The first-order valence-electron chi connectivity index (χ1n) is 9.81. The van der Waals surface area contributed by atoms with Crippen LogP contribution in [0.3, 0.4) is 0 Å². The van der Waals surface area contributed by atoms with Gasteiger partial charge in [-0.3, -0.25) is 9.59 Å². The predicted molar refractivity (Wildman–Crippen MR) is 128 cm³/mol. The van der Waals surface area contributed by atoms with Gasteiger partial charge in [0.2, 0.25) is 0 Å². The summed E-state index contributed by atoms with van der Waals surface area (Å²) in [5.41, 5.74) is 4.48. The third-order valence-electron chi connectivity index (χ3n) is 5.10. The van der Waals surface area contributed by atoms with E-state index in [1.165, 1.54) is 16.7 Å². The molecule has 2 amide bonds. The SMILES string of the molecule is Cc1ccc(SC2=C(Nc3ccccc3C)C(=O)N(c3ccc(C)c(Cl)c3)C2=O)cc1. The Morgan fingerprint density at radius 2 is 1.55 bits per heavy atom. The Bertz CT molecular complexity index is 1220. The average Bonchev–Trinajstić information content (AvgIpc) is 2.97. The standard InChI is InChI=1S/C25H21ClN2O2S/c1-15-8-12-19(13-9-15)31-23-22(27-21-7-5-4-6-17(21)3)24(29)28(25(23)30)18-11-10-16(2)20(26)14-18/h4-14,27H,1-3H3. The van der Waals surface area contributed by atoms with Crippen LogP contribution in [-0.4, -0.2) is 11.8 Å². The van der Waals surface area contributed by atoms with Crippen molar-refractivity contribution in [2.45, 2.75) is 25.7 Å². The maximum Gasteiger partial charge on any atom is 0.283 e. The van der Waals surface area contributed by atoms with Crippen molar-refractivity contribution in [3.63, 3.8) is 0 Å². The van der Waals surface area contributed by atoms with Crippen molar-refractivity contribution in [3.8, 4) is 0 Å². The van der Waals surface area contributed by atoms with E-state index in [0.29, 0.717) is 15.6 Å². The average molecular weight is 449 g/mol. The summed E-state index contributed by atoms with van der Waals surface area (Å²) in [4.78, 5) is 29.2. The molecule has 31 heavy (non-hydrogen) atoms. The van der Waals surface area contributed by atoms with Crippen LogP contribution >= 0.6 is 23.4 Å². The largest absolute Gasteiger partial charge is 0.350 e. The van der Waals surface area contributed by atoms with Gasteiger partial charge in [0.15, 0.2) is 0 Å². The molecule has 0 fully saturated rings. The molecule has 0 atom stereocenters. The third-order valence-corrected chi connectivity index (χ3v) is 6.60. The number of amides is 2. The number of rotatable bonds is 5. The van der Waals surface area contributed by atoms with Crippen molar-refractivity contribution in [2.75, 3.05) is 10.2 Å². The lowest BCUT2D eigenvalue weighted by Crippen LogP contribution is -2.32. The van der Waals surface area contributed by atoms with Crippen LogP contribution in [0.15, 0.2) is 82.2 Å². The minimum atomic E-state index is -0.400. The van der Waals surface area contributed by atoms with Gasteiger partial charge < -0.3 is 5.32 Å². The number of nitrogens with zero attached hydrogens (tertiary/aromatic N) is 1. The number of carbonyl (C=O) groups is 2. The summed E-state index contributed by atoms with van der Waals surface area (Å²) in [6.45, 7) is 5.84. The van der Waals surface area contributed by atoms with Gasteiger partial charge in [-0.25, -0.2) is 4.90 Å². The molecule has 0 spiro atoms. The van der Waals surface area contributed by atoms with Gasteiger partial charge in [0.25, 0.3) is 11.8 Å².